The van der Waals surface area contributed by atoms with Gasteiger partial charge in [-0.2, -0.15) is 5.10 Å². The van der Waals surface area contributed by atoms with Crippen molar-refractivity contribution < 1.29 is 9.29 Å². The molecule has 1 aliphatic rings. The van der Waals surface area contributed by atoms with Crippen LogP contribution in [0.25, 0.3) is 0 Å². The summed E-state index contributed by atoms with van der Waals surface area (Å²) in [5, 5.41) is 4.60. The smallest absolute Gasteiger partial charge is 0.161 e. The van der Waals surface area contributed by atoms with Gasteiger partial charge in [-0.25, -0.2) is 0 Å². The maximum atomic E-state index is 12.7. The molecule has 0 bridgehead atoms. The van der Waals surface area contributed by atoms with Crippen molar-refractivity contribution in [2.45, 2.75) is 64.2 Å². The van der Waals surface area contributed by atoms with Crippen LogP contribution in [0, 0.1) is 5.41 Å². The fourth-order valence-corrected chi connectivity index (χ4v) is 4.09. The van der Waals surface area contributed by atoms with Crippen LogP contribution in [-0.2, 0) is 18.4 Å². The van der Waals surface area contributed by atoms with E-state index in [-0.39, 0.29) is 16.2 Å². The number of hydrogen-bond donors (Lipinski definition) is 1. The molecular weight excluding hydrogens is 298 g/mol. The van der Waals surface area contributed by atoms with Crippen molar-refractivity contribution in [3.63, 3.8) is 0 Å². The summed E-state index contributed by atoms with van der Waals surface area (Å²) in [7, 11) is 3.55. The third-order valence-electron chi connectivity index (χ3n) is 4.54. The Morgan fingerprint density at radius 1 is 1.41 bits per heavy atom. The maximum Gasteiger partial charge on any atom is 0.161 e. The van der Waals surface area contributed by atoms with Crippen molar-refractivity contribution in [1.29, 1.82) is 0 Å². The summed E-state index contributed by atoms with van der Waals surface area (Å²) < 4.78 is 23.0. The van der Waals surface area contributed by atoms with Crippen molar-refractivity contribution in [3.05, 3.63) is 11.9 Å². The van der Waals surface area contributed by atoms with Gasteiger partial charge in [-0.1, -0.05) is 19.8 Å². The first-order valence-electron chi connectivity index (χ1n) is 7.93. The van der Waals surface area contributed by atoms with Gasteiger partial charge in [0, 0.05) is 18.4 Å². The lowest BCUT2D eigenvalue weighted by Crippen LogP contribution is -2.45. The van der Waals surface area contributed by atoms with Gasteiger partial charge in [-0.3, -0.25) is 4.68 Å². The van der Waals surface area contributed by atoms with Crippen LogP contribution in [0.15, 0.2) is 6.20 Å². The highest BCUT2D eigenvalue weighted by Gasteiger charge is 2.44. The van der Waals surface area contributed by atoms with Gasteiger partial charge in [0.05, 0.1) is 13.3 Å². The molecule has 1 N–H and O–H groups in total. The Hall–Kier alpha value is -0.720. The van der Waals surface area contributed by atoms with Crippen molar-refractivity contribution in [1.82, 2.24) is 14.5 Å². The lowest BCUT2D eigenvalue weighted by Gasteiger charge is -2.36. The van der Waals surface area contributed by atoms with E-state index in [1.807, 2.05) is 34.0 Å². The predicted octanol–water partition coefficient (Wildman–Crippen LogP) is 3.10. The molecule has 1 aliphatic carbocycles. The molecule has 0 radical (unpaired) electrons. The summed E-state index contributed by atoms with van der Waals surface area (Å²) in [6.45, 7) is 8.23. The minimum Gasteiger partial charge on any atom is -0.598 e. The van der Waals surface area contributed by atoms with Crippen LogP contribution in [-0.4, -0.2) is 26.2 Å². The van der Waals surface area contributed by atoms with Crippen LogP contribution < -0.4 is 9.46 Å². The number of rotatable bonds is 5. The van der Waals surface area contributed by atoms with Crippen molar-refractivity contribution in [3.8, 4) is 5.75 Å². The third kappa shape index (κ3) is 3.60. The van der Waals surface area contributed by atoms with Gasteiger partial charge in [0.1, 0.15) is 16.5 Å². The van der Waals surface area contributed by atoms with Crippen LogP contribution in [0.5, 0.6) is 5.75 Å². The van der Waals surface area contributed by atoms with Crippen molar-refractivity contribution >= 4 is 11.4 Å². The molecule has 2 atom stereocenters. The number of nitrogens with one attached hydrogen (secondary N) is 1. The number of hydrogen-bond acceptors (Lipinski definition) is 4. The monoisotopic (exact) mass is 327 g/mol. The molecule has 0 saturated heterocycles. The van der Waals surface area contributed by atoms with Crippen molar-refractivity contribution in [2.75, 3.05) is 7.11 Å². The second-order valence-electron chi connectivity index (χ2n) is 7.55. The van der Waals surface area contributed by atoms with Gasteiger partial charge >= 0.3 is 0 Å². The molecular formula is C16H29N3O2S. The largest absolute Gasteiger partial charge is 0.598 e. The van der Waals surface area contributed by atoms with Gasteiger partial charge in [0.2, 0.25) is 0 Å². The summed E-state index contributed by atoms with van der Waals surface area (Å²) in [4.78, 5) is 0. The van der Waals surface area contributed by atoms with Crippen LogP contribution in [0.4, 0.5) is 0 Å². The van der Waals surface area contributed by atoms with E-state index in [0.717, 1.165) is 24.3 Å². The highest BCUT2D eigenvalue weighted by molar-refractivity contribution is 7.90. The second-order valence-corrected chi connectivity index (χ2v) is 9.55. The molecule has 0 aliphatic heterocycles. The molecule has 0 aromatic carbocycles. The number of nitrogens with zero attached hydrogens (tertiary/aromatic N) is 2. The average Bonchev–Trinajstić information content (AvgIpc) is 3.01. The summed E-state index contributed by atoms with van der Waals surface area (Å²) in [5.41, 5.74) is 0.926. The normalized spacial score (nSPS) is 20.9. The van der Waals surface area contributed by atoms with Crippen molar-refractivity contribution in [2.24, 2.45) is 12.5 Å². The average molecular weight is 327 g/mol. The molecule has 0 amide bonds. The van der Waals surface area contributed by atoms with E-state index in [4.69, 9.17) is 4.74 Å². The summed E-state index contributed by atoms with van der Waals surface area (Å²) in [6, 6.07) is -0.0637. The van der Waals surface area contributed by atoms with Gasteiger partial charge in [-0.05, 0) is 39.0 Å². The number of methoxy groups -OCH3 is 1. The Kier molecular flexibility index (Phi) is 5.14. The summed E-state index contributed by atoms with van der Waals surface area (Å²) in [6.07, 6.45) is 6.54. The highest BCUT2D eigenvalue weighted by atomic mass is 32.2. The number of aromatic nitrogens is 2. The number of aryl methyl sites for hydroxylation is 1. The minimum absolute atomic E-state index is 0.0581. The Labute approximate surface area is 137 Å². The SMILES string of the molecule is COc1cn(C)nc1C(N[S@+]([O-])C(C)(C)C)C1(C)CCCC1. The molecule has 0 spiro atoms. The predicted molar refractivity (Wildman–Crippen MR) is 90.1 cm³/mol. The second kappa shape index (κ2) is 6.42. The first-order chi connectivity index (χ1) is 10.2. The molecule has 1 aromatic rings. The Morgan fingerprint density at radius 2 is 2.00 bits per heavy atom. The van der Waals surface area contributed by atoms with E-state index >= 15 is 0 Å². The molecule has 1 unspecified atom stereocenters. The zero-order chi connectivity index (χ0) is 16.5. The van der Waals surface area contributed by atoms with Gasteiger partial charge in [-0.15, -0.1) is 4.72 Å². The summed E-state index contributed by atoms with van der Waals surface area (Å²) >= 11 is -1.15. The van der Waals surface area contributed by atoms with E-state index < -0.39 is 11.4 Å². The van der Waals surface area contributed by atoms with E-state index in [9.17, 15) is 4.55 Å². The minimum atomic E-state index is -1.15. The highest BCUT2D eigenvalue weighted by Crippen LogP contribution is 2.49. The molecule has 22 heavy (non-hydrogen) atoms. The molecule has 126 valence electrons. The standard InChI is InChI=1S/C16H29N3O2S/c1-15(2,3)22(20)18-14(16(4)9-7-8-10-16)13-12(21-6)11-19(5)17-13/h11,14,18H,7-10H2,1-6H3/t14?,22-/m1/s1. The third-order valence-corrected chi connectivity index (χ3v) is 6.10. The zero-order valence-corrected chi connectivity index (χ0v) is 15.4. The Balaban J connectivity index is 2.37. The van der Waals surface area contributed by atoms with Gasteiger partial charge in [0.25, 0.3) is 0 Å². The van der Waals surface area contributed by atoms with E-state index in [2.05, 4.69) is 16.7 Å². The molecule has 1 heterocycles. The van der Waals surface area contributed by atoms with Crippen LogP contribution in [0.3, 0.4) is 0 Å². The Morgan fingerprint density at radius 3 is 2.50 bits per heavy atom. The van der Waals surface area contributed by atoms with Crippen LogP contribution in [0.2, 0.25) is 0 Å². The molecule has 1 aromatic heterocycles. The Bertz CT molecular complexity index is 504. The molecule has 5 nitrogen and oxygen atoms in total. The van der Waals surface area contributed by atoms with E-state index in [1.165, 1.54) is 12.8 Å². The van der Waals surface area contributed by atoms with Gasteiger partial charge < -0.3 is 9.29 Å². The molecule has 1 fully saturated rings. The van der Waals surface area contributed by atoms with E-state index in [0.29, 0.717) is 0 Å². The molecule has 6 heteroatoms. The first-order valence-corrected chi connectivity index (χ1v) is 9.08. The zero-order valence-electron chi connectivity index (χ0n) is 14.6. The lowest BCUT2D eigenvalue weighted by molar-refractivity contribution is 0.236. The van der Waals surface area contributed by atoms with E-state index in [1.54, 1.807) is 11.8 Å². The fourth-order valence-electron chi connectivity index (χ4n) is 3.12. The first kappa shape index (κ1) is 17.6. The fraction of sp³-hybridized carbons (Fsp3) is 0.812. The molecule has 2 rings (SSSR count). The topological polar surface area (TPSA) is 62.1 Å². The summed E-state index contributed by atoms with van der Waals surface area (Å²) in [5.74, 6) is 0.763. The van der Waals surface area contributed by atoms with Crippen LogP contribution >= 0.6 is 0 Å². The maximum absolute atomic E-state index is 12.7. The quantitative estimate of drug-likeness (QED) is 0.844. The lowest BCUT2D eigenvalue weighted by atomic mass is 9.79. The van der Waals surface area contributed by atoms with Gasteiger partial charge in [0.15, 0.2) is 5.75 Å². The number of ether oxygens (including phenoxy) is 1. The molecule has 1 saturated carbocycles. The van der Waals surface area contributed by atoms with Crippen LogP contribution in [0.1, 0.15) is 65.1 Å².